The van der Waals surface area contributed by atoms with Crippen LogP contribution in [0, 0.1) is 5.92 Å². The zero-order valence-electron chi connectivity index (χ0n) is 16.8. The molecule has 0 spiro atoms. The smallest absolute Gasteiger partial charge is 0.324 e. The Morgan fingerprint density at radius 1 is 1.25 bits per heavy atom. The molecule has 0 amide bonds. The number of hydrogen-bond acceptors (Lipinski definition) is 5. The molecule has 0 bridgehead atoms. The van der Waals surface area contributed by atoms with Crippen molar-refractivity contribution in [1.82, 2.24) is 18.7 Å². The zero-order valence-corrected chi connectivity index (χ0v) is 17.7. The van der Waals surface area contributed by atoms with Gasteiger partial charge in [-0.2, -0.15) is 0 Å². The number of hydrogen-bond donors (Lipinski definition) is 1. The standard InChI is InChI=1S/C14H19N4O5P.C4H10/c1-16-12-11(17(9-15-12)8-10-4-5-10)13(19)18(14(16)20)6-2-3-7-23-24(21)22;1-3-4-2/h9-10H,2-8H2,1H3;3-4H2,1-2H3/p+1. The highest BCUT2D eigenvalue weighted by Gasteiger charge is 2.24. The van der Waals surface area contributed by atoms with Gasteiger partial charge in [0.15, 0.2) is 11.2 Å². The van der Waals surface area contributed by atoms with E-state index in [-0.39, 0.29) is 18.7 Å². The van der Waals surface area contributed by atoms with Crippen LogP contribution in [-0.2, 0) is 29.2 Å². The van der Waals surface area contributed by atoms with Crippen molar-refractivity contribution in [3.8, 4) is 0 Å². The van der Waals surface area contributed by atoms with Crippen LogP contribution < -0.4 is 11.2 Å². The maximum atomic E-state index is 12.7. The van der Waals surface area contributed by atoms with E-state index in [1.165, 1.54) is 22.0 Å². The Bertz CT molecular complexity index is 911. The summed E-state index contributed by atoms with van der Waals surface area (Å²) in [7, 11) is -1.00. The minimum atomic E-state index is -2.61. The average Bonchev–Trinajstić information content (AvgIpc) is 3.39. The molecule has 1 aliphatic carbocycles. The first-order valence-corrected chi connectivity index (χ1v) is 11.0. The van der Waals surface area contributed by atoms with Crippen LogP contribution in [0.2, 0.25) is 0 Å². The van der Waals surface area contributed by atoms with Gasteiger partial charge in [0, 0.05) is 24.7 Å². The Labute approximate surface area is 164 Å². The van der Waals surface area contributed by atoms with Gasteiger partial charge in [0.25, 0.3) is 5.56 Å². The van der Waals surface area contributed by atoms with E-state index in [2.05, 4.69) is 23.4 Å². The molecule has 1 atom stereocenters. The minimum Gasteiger partial charge on any atom is -0.324 e. The maximum Gasteiger partial charge on any atom is 0.694 e. The second kappa shape index (κ2) is 10.6. The van der Waals surface area contributed by atoms with Crippen molar-refractivity contribution in [1.29, 1.82) is 0 Å². The SMILES string of the molecule is CCCC.Cn1c(=O)n(CCCCO[P+](=O)O)c(=O)c2c1ncn2CC1CC1. The quantitative estimate of drug-likeness (QED) is 0.500. The van der Waals surface area contributed by atoms with E-state index >= 15 is 0 Å². The Kier molecular flexibility index (Phi) is 8.54. The number of aryl methyl sites for hydroxylation is 1. The second-order valence-electron chi connectivity index (χ2n) is 7.09. The molecule has 2 aromatic rings. The number of unbranched alkanes of at least 4 members (excludes halogenated alkanes) is 2. The third kappa shape index (κ3) is 5.83. The van der Waals surface area contributed by atoms with Crippen molar-refractivity contribution in [3.63, 3.8) is 0 Å². The van der Waals surface area contributed by atoms with Gasteiger partial charge in [-0.3, -0.25) is 13.9 Å². The molecule has 1 aliphatic rings. The van der Waals surface area contributed by atoms with E-state index in [4.69, 9.17) is 4.89 Å². The molecule has 156 valence electrons. The summed E-state index contributed by atoms with van der Waals surface area (Å²) in [4.78, 5) is 37.9. The lowest BCUT2D eigenvalue weighted by Crippen LogP contribution is -2.39. The minimum absolute atomic E-state index is 0.114. The lowest BCUT2D eigenvalue weighted by Gasteiger charge is -2.09. The molecule has 9 nitrogen and oxygen atoms in total. The summed E-state index contributed by atoms with van der Waals surface area (Å²) in [5, 5.41) is 0. The van der Waals surface area contributed by atoms with E-state index in [9.17, 15) is 14.2 Å². The highest BCUT2D eigenvalue weighted by Crippen LogP contribution is 2.31. The van der Waals surface area contributed by atoms with Crippen molar-refractivity contribution in [2.24, 2.45) is 13.0 Å². The summed E-state index contributed by atoms with van der Waals surface area (Å²) in [6.45, 7) is 5.46. The van der Waals surface area contributed by atoms with Crippen molar-refractivity contribution in [3.05, 3.63) is 27.2 Å². The molecule has 2 heterocycles. The monoisotopic (exact) mass is 413 g/mol. The summed E-state index contributed by atoms with van der Waals surface area (Å²) in [5.41, 5.74) is 0.125. The Morgan fingerprint density at radius 3 is 2.50 bits per heavy atom. The van der Waals surface area contributed by atoms with Gasteiger partial charge in [-0.05, 0) is 31.6 Å². The van der Waals surface area contributed by atoms with Crippen molar-refractivity contribution < 1.29 is 14.0 Å². The molecule has 1 N–H and O–H groups in total. The molecule has 2 aromatic heterocycles. The maximum absolute atomic E-state index is 12.7. The summed E-state index contributed by atoms with van der Waals surface area (Å²) < 4.78 is 19.4. The van der Waals surface area contributed by atoms with Gasteiger partial charge in [-0.25, -0.2) is 9.78 Å². The summed E-state index contributed by atoms with van der Waals surface area (Å²) in [6.07, 6.45) is 7.57. The van der Waals surface area contributed by atoms with E-state index in [0.29, 0.717) is 29.9 Å². The Hall–Kier alpha value is -1.83. The van der Waals surface area contributed by atoms with E-state index in [1.54, 1.807) is 13.4 Å². The van der Waals surface area contributed by atoms with Crippen LogP contribution in [0.5, 0.6) is 0 Å². The molecular formula is C18H30N4O5P+. The zero-order chi connectivity index (χ0) is 20.7. The third-order valence-corrected chi connectivity index (χ3v) is 5.13. The van der Waals surface area contributed by atoms with Crippen molar-refractivity contribution in [2.45, 2.75) is 65.5 Å². The number of nitrogens with zero attached hydrogens (tertiary/aromatic N) is 4. The number of fused-ring (bicyclic) bond motifs is 1. The molecule has 1 saturated carbocycles. The highest BCUT2D eigenvalue weighted by atomic mass is 31.1. The van der Waals surface area contributed by atoms with Gasteiger partial charge in [0.2, 0.25) is 0 Å². The number of aromatic nitrogens is 4. The van der Waals surface area contributed by atoms with E-state index in [1.807, 2.05) is 4.57 Å². The van der Waals surface area contributed by atoms with Crippen molar-refractivity contribution >= 4 is 19.4 Å². The van der Waals surface area contributed by atoms with Gasteiger partial charge in [0.1, 0.15) is 6.61 Å². The first kappa shape index (κ1) is 22.5. The first-order chi connectivity index (χ1) is 13.4. The summed E-state index contributed by atoms with van der Waals surface area (Å²) in [6, 6.07) is 0. The molecule has 0 aliphatic heterocycles. The van der Waals surface area contributed by atoms with Crippen LogP contribution in [0.15, 0.2) is 15.9 Å². The number of rotatable bonds is 9. The fourth-order valence-corrected chi connectivity index (χ4v) is 3.04. The van der Waals surface area contributed by atoms with Gasteiger partial charge in [0.05, 0.1) is 6.33 Å². The normalized spacial score (nSPS) is 14.1. The van der Waals surface area contributed by atoms with Crippen LogP contribution in [0.1, 0.15) is 52.4 Å². The summed E-state index contributed by atoms with van der Waals surface area (Å²) >= 11 is 0. The summed E-state index contributed by atoms with van der Waals surface area (Å²) in [5.74, 6) is 0.588. The van der Waals surface area contributed by atoms with Crippen LogP contribution in [0.4, 0.5) is 0 Å². The molecule has 1 fully saturated rings. The van der Waals surface area contributed by atoms with Gasteiger partial charge < -0.3 is 4.57 Å². The third-order valence-electron chi connectivity index (χ3n) is 4.73. The predicted octanol–water partition coefficient (Wildman–Crippen LogP) is 2.56. The van der Waals surface area contributed by atoms with Gasteiger partial charge in [-0.15, -0.1) is 9.42 Å². The fourth-order valence-electron chi connectivity index (χ4n) is 2.75. The fraction of sp³-hybridized carbons (Fsp3) is 0.722. The van der Waals surface area contributed by atoms with E-state index < -0.39 is 13.9 Å². The molecule has 0 aromatic carbocycles. The largest absolute Gasteiger partial charge is 0.694 e. The van der Waals surface area contributed by atoms with Crippen LogP contribution in [-0.4, -0.2) is 30.2 Å². The first-order valence-electron chi connectivity index (χ1n) is 9.84. The lowest BCUT2D eigenvalue weighted by atomic mass is 10.3. The molecular weight excluding hydrogens is 383 g/mol. The van der Waals surface area contributed by atoms with Crippen LogP contribution >= 0.6 is 8.25 Å². The number of imidazole rings is 1. The molecule has 1 unspecified atom stereocenters. The van der Waals surface area contributed by atoms with Gasteiger partial charge >= 0.3 is 13.9 Å². The van der Waals surface area contributed by atoms with E-state index in [0.717, 1.165) is 19.4 Å². The van der Waals surface area contributed by atoms with Gasteiger partial charge in [-0.1, -0.05) is 26.7 Å². The van der Waals surface area contributed by atoms with Crippen LogP contribution in [0.3, 0.4) is 0 Å². The Morgan fingerprint density at radius 2 is 1.93 bits per heavy atom. The molecule has 3 rings (SSSR count). The molecule has 0 radical (unpaired) electrons. The molecule has 28 heavy (non-hydrogen) atoms. The van der Waals surface area contributed by atoms with Crippen LogP contribution in [0.25, 0.3) is 11.2 Å². The van der Waals surface area contributed by atoms with Crippen molar-refractivity contribution in [2.75, 3.05) is 6.61 Å². The predicted molar refractivity (Wildman–Crippen MR) is 108 cm³/mol. The second-order valence-corrected chi connectivity index (χ2v) is 7.82. The molecule has 10 heteroatoms. The molecule has 0 saturated heterocycles. The Balaban J connectivity index is 0.000000640. The lowest BCUT2D eigenvalue weighted by molar-refractivity contribution is 0.272. The topological polar surface area (TPSA) is 108 Å². The highest BCUT2D eigenvalue weighted by molar-refractivity contribution is 7.32. The average molecular weight is 413 g/mol.